The van der Waals surface area contributed by atoms with E-state index < -0.39 is 0 Å². The number of benzene rings is 1. The summed E-state index contributed by atoms with van der Waals surface area (Å²) in [5.74, 6) is 0.812. The third kappa shape index (κ3) is 2.80. The number of aromatic nitrogens is 4. The van der Waals surface area contributed by atoms with Crippen LogP contribution in [0.3, 0.4) is 0 Å². The fraction of sp³-hybridized carbons (Fsp3) is 0.154. The highest BCUT2D eigenvalue weighted by atomic mass is 16.5. The summed E-state index contributed by atoms with van der Waals surface area (Å²) in [6.07, 6.45) is 1.42. The number of hydrogen-bond donors (Lipinski definition) is 2. The van der Waals surface area contributed by atoms with Gasteiger partial charge in [0.15, 0.2) is 0 Å². The largest absolute Gasteiger partial charge is 0.496 e. The zero-order chi connectivity index (χ0) is 15.2. The molecule has 2 aromatic rings. The normalized spacial score (nSPS) is 10.6. The van der Waals surface area contributed by atoms with Gasteiger partial charge in [-0.2, -0.15) is 15.7 Å². The molecule has 0 fully saturated rings. The number of nitriles is 2. The lowest BCUT2D eigenvalue weighted by molar-refractivity contribution is 0.412. The number of nitrogens with one attached hydrogen (secondary N) is 2. The third-order valence-electron chi connectivity index (χ3n) is 2.82. The highest BCUT2D eigenvalue weighted by molar-refractivity contribution is 5.76. The van der Waals surface area contributed by atoms with E-state index in [1.807, 2.05) is 13.0 Å². The molecule has 0 aliphatic heterocycles. The fourth-order valence-electron chi connectivity index (χ4n) is 1.76. The van der Waals surface area contributed by atoms with Crippen LogP contribution < -0.4 is 10.1 Å². The third-order valence-corrected chi connectivity index (χ3v) is 2.82. The second-order valence-corrected chi connectivity index (χ2v) is 3.98. The molecule has 0 spiro atoms. The van der Waals surface area contributed by atoms with Gasteiger partial charge in [0.05, 0.1) is 18.4 Å². The number of allylic oxidation sites excluding steroid dienone is 1. The van der Waals surface area contributed by atoms with Crippen LogP contribution in [0.15, 0.2) is 18.3 Å². The van der Waals surface area contributed by atoms with Crippen molar-refractivity contribution in [1.29, 1.82) is 10.5 Å². The number of rotatable bonds is 4. The van der Waals surface area contributed by atoms with Gasteiger partial charge in [-0.3, -0.25) is 0 Å². The Bertz CT molecular complexity index is 750. The van der Waals surface area contributed by atoms with Crippen LogP contribution in [0.4, 0.5) is 5.69 Å². The van der Waals surface area contributed by atoms with Crippen LogP contribution in [0, 0.1) is 29.6 Å². The SMILES string of the molecule is COc1ccc(C#N)c(NC=C(C#N)c2nn[nH]n2)c1C. The van der Waals surface area contributed by atoms with Gasteiger partial charge in [-0.25, -0.2) is 0 Å². The first-order chi connectivity index (χ1) is 10.2. The Morgan fingerprint density at radius 2 is 2.24 bits per heavy atom. The van der Waals surface area contributed by atoms with E-state index in [0.717, 1.165) is 5.56 Å². The van der Waals surface area contributed by atoms with E-state index in [4.69, 9.17) is 15.3 Å². The minimum atomic E-state index is 0.170. The Hall–Kier alpha value is -3.39. The zero-order valence-electron chi connectivity index (χ0n) is 11.4. The van der Waals surface area contributed by atoms with Crippen molar-refractivity contribution in [3.8, 4) is 17.9 Å². The first-order valence-electron chi connectivity index (χ1n) is 5.89. The topological polar surface area (TPSA) is 123 Å². The molecule has 0 aliphatic carbocycles. The van der Waals surface area contributed by atoms with Crippen molar-refractivity contribution < 1.29 is 4.74 Å². The van der Waals surface area contributed by atoms with Crippen molar-refractivity contribution >= 4 is 11.3 Å². The summed E-state index contributed by atoms with van der Waals surface area (Å²) < 4.78 is 5.22. The number of nitrogens with zero attached hydrogens (tertiary/aromatic N) is 5. The Morgan fingerprint density at radius 3 is 2.81 bits per heavy atom. The Balaban J connectivity index is 2.40. The lowest BCUT2D eigenvalue weighted by Gasteiger charge is -2.12. The molecule has 0 radical (unpaired) electrons. The molecule has 1 heterocycles. The van der Waals surface area contributed by atoms with Gasteiger partial charge in [-0.1, -0.05) is 0 Å². The average Bonchev–Trinajstić information content (AvgIpc) is 3.03. The van der Waals surface area contributed by atoms with Crippen molar-refractivity contribution in [3.05, 3.63) is 35.3 Å². The molecule has 1 aromatic heterocycles. The number of aromatic amines is 1. The lowest BCUT2D eigenvalue weighted by Crippen LogP contribution is -1.99. The Labute approximate surface area is 120 Å². The summed E-state index contributed by atoms with van der Waals surface area (Å²) >= 11 is 0. The standard InChI is InChI=1S/C13H11N7O/c1-8-11(21-2)4-3-9(5-14)12(8)16-7-10(6-15)13-17-19-20-18-13/h3-4,7,16H,1-2H3,(H,17,18,19,20). The summed E-state index contributed by atoms with van der Waals surface area (Å²) in [4.78, 5) is 0. The monoisotopic (exact) mass is 281 g/mol. The number of hydrogen-bond acceptors (Lipinski definition) is 7. The lowest BCUT2D eigenvalue weighted by atomic mass is 10.1. The number of ether oxygens (including phenoxy) is 1. The minimum Gasteiger partial charge on any atom is -0.496 e. The number of anilines is 1. The Kier molecular flexibility index (Phi) is 4.12. The van der Waals surface area contributed by atoms with Crippen LogP contribution in [-0.4, -0.2) is 27.7 Å². The predicted molar refractivity (Wildman–Crippen MR) is 73.8 cm³/mol. The number of methoxy groups -OCH3 is 1. The number of tetrazole rings is 1. The van der Waals surface area contributed by atoms with Gasteiger partial charge in [0, 0.05) is 11.8 Å². The first-order valence-corrected chi connectivity index (χ1v) is 5.89. The van der Waals surface area contributed by atoms with Gasteiger partial charge in [0.2, 0.25) is 5.82 Å². The van der Waals surface area contributed by atoms with Gasteiger partial charge in [-0.05, 0) is 24.3 Å². The molecule has 0 saturated heterocycles. The molecule has 2 N–H and O–H groups in total. The van der Waals surface area contributed by atoms with E-state index in [-0.39, 0.29) is 11.4 Å². The van der Waals surface area contributed by atoms with Crippen molar-refractivity contribution in [3.63, 3.8) is 0 Å². The van der Waals surface area contributed by atoms with E-state index in [0.29, 0.717) is 17.0 Å². The first kappa shape index (κ1) is 14.0. The van der Waals surface area contributed by atoms with E-state index in [9.17, 15) is 0 Å². The van der Waals surface area contributed by atoms with Crippen molar-refractivity contribution in [2.75, 3.05) is 12.4 Å². The fourth-order valence-corrected chi connectivity index (χ4v) is 1.76. The predicted octanol–water partition coefficient (Wildman–Crippen LogP) is 1.36. The molecule has 0 saturated carbocycles. The molecule has 8 heteroatoms. The molecular formula is C13H11N7O. The summed E-state index contributed by atoms with van der Waals surface area (Å²) in [7, 11) is 1.55. The molecule has 0 amide bonds. The summed E-state index contributed by atoms with van der Waals surface area (Å²) in [6, 6.07) is 7.40. The maximum atomic E-state index is 9.16. The van der Waals surface area contributed by atoms with E-state index >= 15 is 0 Å². The second kappa shape index (κ2) is 6.17. The molecular weight excluding hydrogens is 270 g/mol. The van der Waals surface area contributed by atoms with E-state index in [1.54, 1.807) is 19.2 Å². The average molecular weight is 281 g/mol. The van der Waals surface area contributed by atoms with Gasteiger partial charge in [-0.15, -0.1) is 10.2 Å². The van der Waals surface area contributed by atoms with Crippen molar-refractivity contribution in [1.82, 2.24) is 20.6 Å². The molecule has 2 rings (SSSR count). The molecule has 0 aliphatic rings. The smallest absolute Gasteiger partial charge is 0.216 e. The highest BCUT2D eigenvalue weighted by Crippen LogP contribution is 2.29. The molecule has 8 nitrogen and oxygen atoms in total. The quantitative estimate of drug-likeness (QED) is 0.811. The van der Waals surface area contributed by atoms with Crippen LogP contribution in [0.25, 0.3) is 5.57 Å². The summed E-state index contributed by atoms with van der Waals surface area (Å²) in [5.41, 5.74) is 1.95. The van der Waals surface area contributed by atoms with Gasteiger partial charge in [0.1, 0.15) is 23.5 Å². The highest BCUT2D eigenvalue weighted by Gasteiger charge is 2.11. The minimum absolute atomic E-state index is 0.170. The van der Waals surface area contributed by atoms with E-state index in [1.165, 1.54) is 6.20 Å². The van der Waals surface area contributed by atoms with Crippen LogP contribution in [0.5, 0.6) is 5.75 Å². The van der Waals surface area contributed by atoms with E-state index in [2.05, 4.69) is 32.0 Å². The molecule has 0 unspecified atom stereocenters. The van der Waals surface area contributed by atoms with Crippen LogP contribution in [0.2, 0.25) is 0 Å². The van der Waals surface area contributed by atoms with Gasteiger partial charge in [0.25, 0.3) is 0 Å². The van der Waals surface area contributed by atoms with Crippen LogP contribution in [-0.2, 0) is 0 Å². The maximum Gasteiger partial charge on any atom is 0.216 e. The van der Waals surface area contributed by atoms with Crippen molar-refractivity contribution in [2.45, 2.75) is 6.92 Å². The van der Waals surface area contributed by atoms with Crippen LogP contribution in [0.1, 0.15) is 17.0 Å². The molecule has 21 heavy (non-hydrogen) atoms. The Morgan fingerprint density at radius 1 is 1.43 bits per heavy atom. The van der Waals surface area contributed by atoms with Crippen LogP contribution >= 0.6 is 0 Å². The second-order valence-electron chi connectivity index (χ2n) is 3.98. The summed E-state index contributed by atoms with van der Waals surface area (Å²) in [5, 5.41) is 34.3. The molecule has 104 valence electrons. The number of H-pyrrole nitrogens is 1. The van der Waals surface area contributed by atoms with Gasteiger partial charge >= 0.3 is 0 Å². The van der Waals surface area contributed by atoms with Gasteiger partial charge < -0.3 is 10.1 Å². The molecule has 1 aromatic carbocycles. The molecule has 0 bridgehead atoms. The molecule has 0 atom stereocenters. The summed E-state index contributed by atoms with van der Waals surface area (Å²) in [6.45, 7) is 1.82. The van der Waals surface area contributed by atoms with Crippen molar-refractivity contribution in [2.24, 2.45) is 0 Å². The maximum absolute atomic E-state index is 9.16. The zero-order valence-corrected chi connectivity index (χ0v) is 11.4.